The van der Waals surface area contributed by atoms with Crippen molar-refractivity contribution in [3.05, 3.63) is 59.4 Å². The number of benzene rings is 1. The summed E-state index contributed by atoms with van der Waals surface area (Å²) in [6.07, 6.45) is 9.00. The van der Waals surface area contributed by atoms with Crippen LogP contribution in [-0.4, -0.2) is 21.9 Å². The quantitative estimate of drug-likeness (QED) is 0.659. The fourth-order valence-electron chi connectivity index (χ4n) is 4.92. The highest BCUT2D eigenvalue weighted by atomic mass is 16.2. The first-order valence-electron chi connectivity index (χ1n) is 11.0. The number of carbonyl (C=O) groups is 1. The molecule has 3 heteroatoms. The summed E-state index contributed by atoms with van der Waals surface area (Å²) in [4.78, 5) is 15.8. The molecule has 2 aliphatic rings. The molecular weight excluding hydrogens is 344 g/mol. The lowest BCUT2D eigenvalue weighted by Gasteiger charge is -2.35. The van der Waals surface area contributed by atoms with Gasteiger partial charge in [-0.15, -0.1) is 0 Å². The molecular formula is C25H34N2O. The molecule has 1 aliphatic heterocycles. The molecule has 0 spiro atoms. The van der Waals surface area contributed by atoms with Crippen LogP contribution in [0.3, 0.4) is 0 Å². The average Bonchev–Trinajstić information content (AvgIpc) is 3.07. The smallest absolute Gasteiger partial charge is 0.226 e. The first-order chi connectivity index (χ1) is 13.4. The van der Waals surface area contributed by atoms with Gasteiger partial charge in [-0.25, -0.2) is 0 Å². The van der Waals surface area contributed by atoms with Crippen LogP contribution in [0.1, 0.15) is 82.2 Å². The highest BCUT2D eigenvalue weighted by molar-refractivity contribution is 5.80. The van der Waals surface area contributed by atoms with Crippen LogP contribution in [0.15, 0.2) is 42.6 Å². The zero-order valence-corrected chi connectivity index (χ0v) is 17.7. The Morgan fingerprint density at radius 2 is 1.64 bits per heavy atom. The molecule has 0 bridgehead atoms. The number of hydrogen-bond donors (Lipinski definition) is 0. The third-order valence-corrected chi connectivity index (χ3v) is 6.58. The van der Waals surface area contributed by atoms with Crippen LogP contribution in [0.2, 0.25) is 0 Å². The molecule has 0 N–H and O–H groups in total. The molecule has 1 aromatic carbocycles. The van der Waals surface area contributed by atoms with Crippen LogP contribution in [-0.2, 0) is 16.8 Å². The third kappa shape index (κ3) is 3.76. The number of aryl methyl sites for hydroxylation is 1. The Morgan fingerprint density at radius 3 is 2.32 bits per heavy atom. The van der Waals surface area contributed by atoms with Crippen molar-refractivity contribution < 1.29 is 4.79 Å². The summed E-state index contributed by atoms with van der Waals surface area (Å²) >= 11 is 0. The molecule has 2 aromatic rings. The molecule has 1 fully saturated rings. The fourth-order valence-corrected chi connectivity index (χ4v) is 4.92. The van der Waals surface area contributed by atoms with Crippen molar-refractivity contribution in [2.75, 3.05) is 6.54 Å². The number of amides is 1. The zero-order valence-electron chi connectivity index (χ0n) is 17.7. The fraction of sp³-hybridized carbons (Fsp3) is 0.560. The van der Waals surface area contributed by atoms with Gasteiger partial charge in [-0.2, -0.15) is 0 Å². The van der Waals surface area contributed by atoms with Gasteiger partial charge in [0.1, 0.15) is 0 Å². The highest BCUT2D eigenvalue weighted by Crippen LogP contribution is 2.36. The number of aromatic nitrogens is 1. The summed E-state index contributed by atoms with van der Waals surface area (Å²) in [5, 5.41) is 0. The van der Waals surface area contributed by atoms with Gasteiger partial charge in [-0.3, -0.25) is 4.79 Å². The number of carbonyl (C=O) groups excluding carboxylic acids is 1. The summed E-state index contributed by atoms with van der Waals surface area (Å²) < 4.78 is 2.34. The third-order valence-electron chi connectivity index (χ3n) is 6.58. The molecule has 1 aromatic heterocycles. The standard InChI is InChI=1S/C25H34N2O/c1-25(2,3)21-14-12-19(13-15-21)23-22-11-7-16-26(22)17-8-18-27(23)24(28)20-9-5-4-6-10-20/h7,11-16,20,23H,4-6,8-10,17-18H2,1-3H3. The van der Waals surface area contributed by atoms with E-state index in [1.165, 1.54) is 36.1 Å². The Hall–Kier alpha value is -2.03. The minimum atomic E-state index is 0.0287. The van der Waals surface area contributed by atoms with Gasteiger partial charge in [0.05, 0.1) is 6.04 Å². The predicted octanol–water partition coefficient (Wildman–Crippen LogP) is 5.69. The number of fused-ring (bicyclic) bond motifs is 1. The lowest BCUT2D eigenvalue weighted by atomic mass is 9.85. The normalized spacial score (nSPS) is 21.2. The number of nitrogens with zero attached hydrogens (tertiary/aromatic N) is 2. The minimum absolute atomic E-state index is 0.0287. The zero-order chi connectivity index (χ0) is 19.7. The number of hydrogen-bond acceptors (Lipinski definition) is 1. The van der Waals surface area contributed by atoms with Gasteiger partial charge in [0, 0.05) is 30.9 Å². The Labute approximate surface area is 169 Å². The Morgan fingerprint density at radius 1 is 0.929 bits per heavy atom. The Bertz CT molecular complexity index is 806. The van der Waals surface area contributed by atoms with Gasteiger partial charge in [0.2, 0.25) is 5.91 Å². The topological polar surface area (TPSA) is 25.2 Å². The highest BCUT2D eigenvalue weighted by Gasteiger charge is 2.34. The van der Waals surface area contributed by atoms with Crippen molar-refractivity contribution in [2.24, 2.45) is 5.92 Å². The molecule has 2 heterocycles. The van der Waals surface area contributed by atoms with Gasteiger partial charge in [0.15, 0.2) is 0 Å². The first-order valence-corrected chi connectivity index (χ1v) is 11.0. The van der Waals surface area contributed by atoms with Crippen molar-refractivity contribution in [1.29, 1.82) is 0 Å². The van der Waals surface area contributed by atoms with E-state index in [0.717, 1.165) is 32.4 Å². The maximum Gasteiger partial charge on any atom is 0.226 e. The van der Waals surface area contributed by atoms with Gasteiger partial charge in [0.25, 0.3) is 0 Å². The van der Waals surface area contributed by atoms with Crippen LogP contribution in [0.5, 0.6) is 0 Å². The van der Waals surface area contributed by atoms with Crippen molar-refractivity contribution in [3.63, 3.8) is 0 Å². The maximum atomic E-state index is 13.6. The van der Waals surface area contributed by atoms with Crippen LogP contribution >= 0.6 is 0 Å². The van der Waals surface area contributed by atoms with E-state index in [2.05, 4.69) is 72.8 Å². The second-order valence-electron chi connectivity index (χ2n) is 9.62. The van der Waals surface area contributed by atoms with E-state index >= 15 is 0 Å². The molecule has 1 saturated carbocycles. The van der Waals surface area contributed by atoms with Crippen molar-refractivity contribution in [1.82, 2.24) is 9.47 Å². The monoisotopic (exact) mass is 378 g/mol. The molecule has 1 unspecified atom stereocenters. The van der Waals surface area contributed by atoms with Crippen LogP contribution in [0.25, 0.3) is 0 Å². The van der Waals surface area contributed by atoms with Crippen LogP contribution < -0.4 is 0 Å². The molecule has 28 heavy (non-hydrogen) atoms. The summed E-state index contributed by atoms with van der Waals surface area (Å²) in [5.41, 5.74) is 3.97. The summed E-state index contributed by atoms with van der Waals surface area (Å²) in [6.45, 7) is 8.59. The van der Waals surface area contributed by atoms with Gasteiger partial charge in [-0.05, 0) is 47.9 Å². The van der Waals surface area contributed by atoms with Gasteiger partial charge >= 0.3 is 0 Å². The average molecular weight is 379 g/mol. The molecule has 3 nitrogen and oxygen atoms in total. The van der Waals surface area contributed by atoms with E-state index in [4.69, 9.17) is 0 Å². The van der Waals surface area contributed by atoms with E-state index in [-0.39, 0.29) is 17.4 Å². The van der Waals surface area contributed by atoms with Crippen molar-refractivity contribution >= 4 is 5.91 Å². The van der Waals surface area contributed by atoms with E-state index in [0.29, 0.717) is 5.91 Å². The molecule has 0 radical (unpaired) electrons. The van der Waals surface area contributed by atoms with E-state index < -0.39 is 0 Å². The molecule has 1 amide bonds. The van der Waals surface area contributed by atoms with Crippen LogP contribution in [0.4, 0.5) is 0 Å². The maximum absolute atomic E-state index is 13.6. The van der Waals surface area contributed by atoms with E-state index in [9.17, 15) is 4.79 Å². The summed E-state index contributed by atoms with van der Waals surface area (Å²) in [6, 6.07) is 13.3. The molecule has 150 valence electrons. The van der Waals surface area contributed by atoms with E-state index in [1.807, 2.05) is 0 Å². The SMILES string of the molecule is CC(C)(C)c1ccc(C2c3cccn3CCCN2C(=O)C2CCCCC2)cc1. The van der Waals surface area contributed by atoms with Gasteiger partial charge in [-0.1, -0.05) is 64.3 Å². The lowest BCUT2D eigenvalue weighted by molar-refractivity contribution is -0.138. The Kier molecular flexibility index (Phi) is 5.35. The molecule has 1 aliphatic carbocycles. The predicted molar refractivity (Wildman–Crippen MR) is 114 cm³/mol. The van der Waals surface area contributed by atoms with Crippen molar-refractivity contribution in [2.45, 2.75) is 77.3 Å². The number of rotatable bonds is 2. The second kappa shape index (κ2) is 7.77. The minimum Gasteiger partial charge on any atom is -0.349 e. The lowest BCUT2D eigenvalue weighted by Crippen LogP contribution is -2.40. The Balaban J connectivity index is 1.71. The largest absolute Gasteiger partial charge is 0.349 e. The van der Waals surface area contributed by atoms with E-state index in [1.54, 1.807) is 0 Å². The summed E-state index contributed by atoms with van der Waals surface area (Å²) in [7, 11) is 0. The van der Waals surface area contributed by atoms with Gasteiger partial charge < -0.3 is 9.47 Å². The van der Waals surface area contributed by atoms with Crippen LogP contribution in [0, 0.1) is 5.92 Å². The van der Waals surface area contributed by atoms with Crippen molar-refractivity contribution in [3.8, 4) is 0 Å². The summed E-state index contributed by atoms with van der Waals surface area (Å²) in [5.74, 6) is 0.589. The molecule has 1 atom stereocenters. The second-order valence-corrected chi connectivity index (χ2v) is 9.62. The first kappa shape index (κ1) is 19.3. The molecule has 0 saturated heterocycles. The molecule has 4 rings (SSSR count).